The van der Waals surface area contributed by atoms with Crippen molar-refractivity contribution in [3.8, 4) is 16.9 Å². The normalized spacial score (nSPS) is 10.0. The van der Waals surface area contributed by atoms with Crippen LogP contribution in [0.3, 0.4) is 0 Å². The second kappa shape index (κ2) is 7.55. The van der Waals surface area contributed by atoms with Crippen molar-refractivity contribution in [2.45, 2.75) is 34.1 Å². The summed E-state index contributed by atoms with van der Waals surface area (Å²) >= 11 is 0. The molecule has 0 atom stereocenters. The van der Waals surface area contributed by atoms with E-state index < -0.39 is 0 Å². The van der Waals surface area contributed by atoms with Gasteiger partial charge in [-0.1, -0.05) is 38.5 Å². The van der Waals surface area contributed by atoms with Crippen molar-refractivity contribution in [3.63, 3.8) is 0 Å². The first-order chi connectivity index (χ1) is 10.7. The molecule has 0 spiro atoms. The summed E-state index contributed by atoms with van der Waals surface area (Å²) in [6.07, 6.45) is 3.06. The van der Waals surface area contributed by atoms with Crippen LogP contribution in [0.4, 0.5) is 0 Å². The Morgan fingerprint density at radius 2 is 1.73 bits per heavy atom. The standard InChI is InChI=1S/C16H15N3.C3H8/c1-12-10-13(2)19(18-12)15-7-5-6-14(11-15)16-8-3-4-9-17-16;1-3-2/h3-11H,1-2H3;3H2,1-2H3. The van der Waals surface area contributed by atoms with Gasteiger partial charge >= 0.3 is 0 Å². The average molecular weight is 293 g/mol. The Morgan fingerprint density at radius 3 is 2.32 bits per heavy atom. The average Bonchev–Trinajstić information content (AvgIpc) is 2.88. The molecule has 0 radical (unpaired) electrons. The number of aryl methyl sites for hydroxylation is 2. The summed E-state index contributed by atoms with van der Waals surface area (Å²) in [7, 11) is 0. The first-order valence-corrected chi connectivity index (χ1v) is 7.70. The molecule has 114 valence electrons. The highest BCUT2D eigenvalue weighted by atomic mass is 15.3. The molecule has 0 saturated heterocycles. The van der Waals surface area contributed by atoms with Crippen LogP contribution in [0.2, 0.25) is 0 Å². The quantitative estimate of drug-likeness (QED) is 0.668. The Balaban J connectivity index is 0.000000545. The Morgan fingerprint density at radius 1 is 0.955 bits per heavy atom. The second-order valence-electron chi connectivity index (χ2n) is 5.31. The van der Waals surface area contributed by atoms with E-state index in [0.717, 1.165) is 28.3 Å². The monoisotopic (exact) mass is 293 g/mol. The van der Waals surface area contributed by atoms with Crippen LogP contribution in [0.15, 0.2) is 54.7 Å². The van der Waals surface area contributed by atoms with E-state index in [-0.39, 0.29) is 0 Å². The third-order valence-corrected chi connectivity index (χ3v) is 3.06. The summed E-state index contributed by atoms with van der Waals surface area (Å²) in [5.41, 5.74) is 5.31. The molecule has 0 saturated carbocycles. The van der Waals surface area contributed by atoms with Crippen molar-refractivity contribution in [2.75, 3.05) is 0 Å². The lowest BCUT2D eigenvalue weighted by molar-refractivity contribution is 0.834. The lowest BCUT2D eigenvalue weighted by atomic mass is 10.1. The maximum absolute atomic E-state index is 4.51. The van der Waals surface area contributed by atoms with Crippen LogP contribution in [0.25, 0.3) is 16.9 Å². The second-order valence-corrected chi connectivity index (χ2v) is 5.31. The van der Waals surface area contributed by atoms with Gasteiger partial charge in [0.05, 0.1) is 17.1 Å². The molecule has 3 heteroatoms. The largest absolute Gasteiger partial charge is 0.256 e. The van der Waals surface area contributed by atoms with Crippen molar-refractivity contribution in [2.24, 2.45) is 0 Å². The summed E-state index contributed by atoms with van der Waals surface area (Å²) in [5.74, 6) is 0. The van der Waals surface area contributed by atoms with Gasteiger partial charge in [-0.05, 0) is 44.2 Å². The highest BCUT2D eigenvalue weighted by Crippen LogP contribution is 2.20. The van der Waals surface area contributed by atoms with Crippen molar-refractivity contribution < 1.29 is 0 Å². The minimum atomic E-state index is 0.978. The highest BCUT2D eigenvalue weighted by Gasteiger charge is 2.05. The SMILES string of the molecule is CCC.Cc1cc(C)n(-c2cccc(-c3ccccn3)c2)n1. The molecular weight excluding hydrogens is 270 g/mol. The number of pyridine rings is 1. The zero-order valence-electron chi connectivity index (χ0n) is 13.7. The first kappa shape index (κ1) is 16.0. The van der Waals surface area contributed by atoms with Crippen molar-refractivity contribution in [1.82, 2.24) is 14.8 Å². The molecule has 0 fully saturated rings. The number of benzene rings is 1. The molecule has 0 amide bonds. The van der Waals surface area contributed by atoms with Gasteiger partial charge in [0.25, 0.3) is 0 Å². The molecule has 0 unspecified atom stereocenters. The maximum Gasteiger partial charge on any atom is 0.0702 e. The van der Waals surface area contributed by atoms with E-state index in [0.29, 0.717) is 0 Å². The van der Waals surface area contributed by atoms with E-state index in [2.05, 4.69) is 55.1 Å². The lowest BCUT2D eigenvalue weighted by Gasteiger charge is -2.07. The van der Waals surface area contributed by atoms with Crippen LogP contribution < -0.4 is 0 Å². The van der Waals surface area contributed by atoms with Gasteiger partial charge in [0, 0.05) is 17.5 Å². The topological polar surface area (TPSA) is 30.7 Å². The smallest absolute Gasteiger partial charge is 0.0702 e. The van der Waals surface area contributed by atoms with E-state index in [1.54, 1.807) is 0 Å². The number of aromatic nitrogens is 3. The number of hydrogen-bond donors (Lipinski definition) is 0. The molecular formula is C19H23N3. The van der Waals surface area contributed by atoms with Crippen LogP contribution in [-0.2, 0) is 0 Å². The molecule has 0 bridgehead atoms. The summed E-state index contributed by atoms with van der Waals surface area (Å²) in [5, 5.41) is 4.51. The van der Waals surface area contributed by atoms with Gasteiger partial charge in [0.1, 0.15) is 0 Å². The molecule has 3 nitrogen and oxygen atoms in total. The van der Waals surface area contributed by atoms with Gasteiger partial charge in [-0.25, -0.2) is 4.68 Å². The van der Waals surface area contributed by atoms with E-state index in [1.807, 2.05) is 42.1 Å². The van der Waals surface area contributed by atoms with Crippen LogP contribution in [0.5, 0.6) is 0 Å². The Bertz CT molecular complexity index is 715. The third kappa shape index (κ3) is 3.82. The highest BCUT2D eigenvalue weighted by molar-refractivity contribution is 5.62. The molecule has 2 heterocycles. The minimum Gasteiger partial charge on any atom is -0.256 e. The lowest BCUT2D eigenvalue weighted by Crippen LogP contribution is -1.99. The van der Waals surface area contributed by atoms with E-state index in [1.165, 1.54) is 6.42 Å². The van der Waals surface area contributed by atoms with Gasteiger partial charge < -0.3 is 0 Å². The Hall–Kier alpha value is -2.42. The van der Waals surface area contributed by atoms with Gasteiger partial charge in [-0.3, -0.25) is 4.98 Å². The fourth-order valence-corrected chi connectivity index (χ4v) is 2.22. The van der Waals surface area contributed by atoms with Crippen LogP contribution >= 0.6 is 0 Å². The van der Waals surface area contributed by atoms with E-state index in [9.17, 15) is 0 Å². The van der Waals surface area contributed by atoms with Gasteiger partial charge in [-0.2, -0.15) is 5.10 Å². The minimum absolute atomic E-state index is 0.978. The third-order valence-electron chi connectivity index (χ3n) is 3.06. The summed E-state index contributed by atoms with van der Waals surface area (Å²) in [6.45, 7) is 8.32. The molecule has 0 aliphatic rings. The Kier molecular flexibility index (Phi) is 5.48. The fraction of sp³-hybridized carbons (Fsp3) is 0.263. The molecule has 3 rings (SSSR count). The van der Waals surface area contributed by atoms with Crippen LogP contribution in [0, 0.1) is 13.8 Å². The number of rotatable bonds is 2. The molecule has 22 heavy (non-hydrogen) atoms. The van der Waals surface area contributed by atoms with Gasteiger partial charge in [0.2, 0.25) is 0 Å². The maximum atomic E-state index is 4.51. The number of hydrogen-bond acceptors (Lipinski definition) is 2. The van der Waals surface area contributed by atoms with Crippen molar-refractivity contribution >= 4 is 0 Å². The van der Waals surface area contributed by atoms with Crippen molar-refractivity contribution in [3.05, 3.63) is 66.1 Å². The van der Waals surface area contributed by atoms with Crippen LogP contribution in [0.1, 0.15) is 31.7 Å². The molecule has 0 aliphatic heterocycles. The molecule has 3 aromatic rings. The summed E-state index contributed by atoms with van der Waals surface area (Å²) in [6, 6.07) is 16.3. The van der Waals surface area contributed by atoms with Gasteiger partial charge in [0.15, 0.2) is 0 Å². The Labute approximate surface area is 132 Å². The zero-order chi connectivity index (χ0) is 15.9. The van der Waals surface area contributed by atoms with Gasteiger partial charge in [-0.15, -0.1) is 0 Å². The fourth-order valence-electron chi connectivity index (χ4n) is 2.22. The first-order valence-electron chi connectivity index (χ1n) is 7.70. The number of nitrogens with zero attached hydrogens (tertiary/aromatic N) is 3. The van der Waals surface area contributed by atoms with Crippen molar-refractivity contribution in [1.29, 1.82) is 0 Å². The van der Waals surface area contributed by atoms with E-state index in [4.69, 9.17) is 0 Å². The van der Waals surface area contributed by atoms with Crippen LogP contribution in [-0.4, -0.2) is 14.8 Å². The molecule has 1 aromatic carbocycles. The molecule has 0 aliphatic carbocycles. The zero-order valence-corrected chi connectivity index (χ0v) is 13.7. The molecule has 2 aromatic heterocycles. The summed E-state index contributed by atoms with van der Waals surface area (Å²) < 4.78 is 1.96. The molecule has 0 N–H and O–H groups in total. The predicted molar refractivity (Wildman–Crippen MR) is 92.2 cm³/mol. The summed E-state index contributed by atoms with van der Waals surface area (Å²) in [4.78, 5) is 4.38. The predicted octanol–water partition coefficient (Wildman–Crippen LogP) is 4.97. The van der Waals surface area contributed by atoms with E-state index >= 15 is 0 Å².